The lowest BCUT2D eigenvalue weighted by Crippen LogP contribution is -2.25. The second-order valence-corrected chi connectivity index (χ2v) is 7.13. The van der Waals surface area contributed by atoms with E-state index in [1.807, 2.05) is 0 Å². The molecule has 0 aliphatic heterocycles. The minimum atomic E-state index is -3.36. The smallest absolute Gasteiger partial charge is 0.241 e. The Hall–Kier alpha value is -0.430. The van der Waals surface area contributed by atoms with Crippen molar-refractivity contribution in [3.63, 3.8) is 0 Å². The van der Waals surface area contributed by atoms with E-state index in [0.29, 0.717) is 11.4 Å². The summed E-state index contributed by atoms with van der Waals surface area (Å²) in [6.07, 6.45) is 4.69. The SMILES string of the molecule is NCc1sccc1S(=O)(=O)NCCCC1CC1. The van der Waals surface area contributed by atoms with Crippen LogP contribution in [0.15, 0.2) is 16.3 Å². The van der Waals surface area contributed by atoms with E-state index in [1.165, 1.54) is 24.2 Å². The Labute approximate surface area is 106 Å². The molecule has 1 heterocycles. The molecule has 0 saturated heterocycles. The molecule has 0 bridgehead atoms. The summed E-state index contributed by atoms with van der Waals surface area (Å²) in [6.45, 7) is 0.800. The van der Waals surface area contributed by atoms with Gasteiger partial charge in [0.1, 0.15) is 0 Å². The van der Waals surface area contributed by atoms with Gasteiger partial charge in [-0.25, -0.2) is 13.1 Å². The molecule has 0 unspecified atom stereocenters. The van der Waals surface area contributed by atoms with Gasteiger partial charge in [-0.1, -0.05) is 12.8 Å². The topological polar surface area (TPSA) is 72.2 Å². The quantitative estimate of drug-likeness (QED) is 0.743. The Morgan fingerprint density at radius 3 is 2.88 bits per heavy atom. The van der Waals surface area contributed by atoms with Gasteiger partial charge in [-0.2, -0.15) is 0 Å². The Morgan fingerprint density at radius 2 is 2.24 bits per heavy atom. The van der Waals surface area contributed by atoms with E-state index >= 15 is 0 Å². The predicted octanol–water partition coefficient (Wildman–Crippen LogP) is 1.68. The maximum Gasteiger partial charge on any atom is 0.241 e. The van der Waals surface area contributed by atoms with Crippen LogP contribution < -0.4 is 10.5 Å². The molecule has 4 nitrogen and oxygen atoms in total. The Balaban J connectivity index is 1.88. The monoisotopic (exact) mass is 274 g/mol. The maximum absolute atomic E-state index is 12.0. The predicted molar refractivity (Wildman–Crippen MR) is 69.4 cm³/mol. The van der Waals surface area contributed by atoms with Crippen LogP contribution in [0.2, 0.25) is 0 Å². The molecule has 1 aromatic heterocycles. The van der Waals surface area contributed by atoms with Gasteiger partial charge in [-0.05, 0) is 30.2 Å². The van der Waals surface area contributed by atoms with E-state index < -0.39 is 10.0 Å². The van der Waals surface area contributed by atoms with Crippen molar-refractivity contribution in [3.05, 3.63) is 16.3 Å². The first-order chi connectivity index (χ1) is 8.13. The lowest BCUT2D eigenvalue weighted by Gasteiger charge is -2.06. The fraction of sp³-hybridized carbons (Fsp3) is 0.636. The molecule has 1 aromatic rings. The molecule has 1 saturated carbocycles. The van der Waals surface area contributed by atoms with E-state index in [4.69, 9.17) is 5.73 Å². The third-order valence-electron chi connectivity index (χ3n) is 2.96. The van der Waals surface area contributed by atoms with E-state index in [0.717, 1.165) is 23.6 Å². The van der Waals surface area contributed by atoms with Crippen LogP contribution in [-0.2, 0) is 16.6 Å². The van der Waals surface area contributed by atoms with E-state index in [1.54, 1.807) is 11.4 Å². The van der Waals surface area contributed by atoms with Gasteiger partial charge in [0, 0.05) is 18.0 Å². The Morgan fingerprint density at radius 1 is 1.47 bits per heavy atom. The molecule has 1 aliphatic carbocycles. The third-order valence-corrected chi connectivity index (χ3v) is 5.58. The van der Waals surface area contributed by atoms with Crippen LogP contribution in [-0.4, -0.2) is 15.0 Å². The van der Waals surface area contributed by atoms with Gasteiger partial charge in [0.05, 0.1) is 4.90 Å². The van der Waals surface area contributed by atoms with E-state index in [-0.39, 0.29) is 6.54 Å². The van der Waals surface area contributed by atoms with Crippen molar-refractivity contribution in [1.82, 2.24) is 4.72 Å². The summed E-state index contributed by atoms with van der Waals surface area (Å²) in [6, 6.07) is 1.62. The number of thiophene rings is 1. The maximum atomic E-state index is 12.0. The first-order valence-electron chi connectivity index (χ1n) is 5.89. The summed E-state index contributed by atoms with van der Waals surface area (Å²) in [4.78, 5) is 1.07. The van der Waals surface area contributed by atoms with Gasteiger partial charge in [-0.15, -0.1) is 11.3 Å². The lowest BCUT2D eigenvalue weighted by molar-refractivity contribution is 0.572. The fourth-order valence-corrected chi connectivity index (χ4v) is 4.21. The van der Waals surface area contributed by atoms with Gasteiger partial charge in [0.25, 0.3) is 0 Å². The summed E-state index contributed by atoms with van der Waals surface area (Å²) in [5, 5.41) is 1.76. The number of rotatable bonds is 7. The molecule has 96 valence electrons. The summed E-state index contributed by atoms with van der Waals surface area (Å²) in [5.41, 5.74) is 5.51. The zero-order chi connectivity index (χ0) is 12.3. The van der Waals surface area contributed by atoms with Crippen LogP contribution >= 0.6 is 11.3 Å². The van der Waals surface area contributed by atoms with Gasteiger partial charge in [0.2, 0.25) is 10.0 Å². The van der Waals surface area contributed by atoms with E-state index in [9.17, 15) is 8.42 Å². The number of nitrogens with one attached hydrogen (secondary N) is 1. The first-order valence-corrected chi connectivity index (χ1v) is 8.26. The summed E-state index contributed by atoms with van der Waals surface area (Å²) >= 11 is 1.39. The van der Waals surface area contributed by atoms with Crippen molar-refractivity contribution in [2.45, 2.75) is 37.1 Å². The average molecular weight is 274 g/mol. The second-order valence-electron chi connectivity index (χ2n) is 4.40. The van der Waals surface area contributed by atoms with Gasteiger partial charge in [0.15, 0.2) is 0 Å². The molecule has 0 aromatic carbocycles. The van der Waals surface area contributed by atoms with Gasteiger partial charge < -0.3 is 5.73 Å². The third kappa shape index (κ3) is 3.51. The molecule has 17 heavy (non-hydrogen) atoms. The van der Waals surface area contributed by atoms with Crippen molar-refractivity contribution in [3.8, 4) is 0 Å². The molecule has 1 aliphatic rings. The standard InChI is InChI=1S/C11H18N2O2S2/c12-8-10-11(5-7-16-10)17(14,15)13-6-1-2-9-3-4-9/h5,7,9,13H,1-4,6,8,12H2. The molecule has 6 heteroatoms. The molecule has 3 N–H and O–H groups in total. The van der Waals surface area contributed by atoms with Gasteiger partial charge in [-0.3, -0.25) is 0 Å². The van der Waals surface area contributed by atoms with E-state index in [2.05, 4.69) is 4.72 Å². The van der Waals surface area contributed by atoms with Crippen LogP contribution in [0.3, 0.4) is 0 Å². The zero-order valence-electron chi connectivity index (χ0n) is 9.69. The minimum absolute atomic E-state index is 0.274. The molecule has 0 radical (unpaired) electrons. The molecule has 1 fully saturated rings. The van der Waals surface area contributed by atoms with Crippen LogP contribution in [0, 0.1) is 5.92 Å². The normalized spacial score (nSPS) is 16.3. The molecule has 0 amide bonds. The Kier molecular flexibility index (Phi) is 4.19. The fourth-order valence-electron chi connectivity index (χ4n) is 1.80. The Bertz CT molecular complexity index is 464. The number of hydrogen-bond donors (Lipinski definition) is 2. The first kappa shape index (κ1) is 13.0. The number of sulfonamides is 1. The van der Waals surface area contributed by atoms with Crippen molar-refractivity contribution in [2.24, 2.45) is 11.7 Å². The van der Waals surface area contributed by atoms with Crippen molar-refractivity contribution in [2.75, 3.05) is 6.54 Å². The summed E-state index contributed by atoms with van der Waals surface area (Å²) in [5.74, 6) is 0.847. The van der Waals surface area contributed by atoms with Gasteiger partial charge >= 0.3 is 0 Å². The number of nitrogens with two attached hydrogens (primary N) is 1. The van der Waals surface area contributed by atoms with Crippen LogP contribution in [0.5, 0.6) is 0 Å². The summed E-state index contributed by atoms with van der Waals surface area (Å²) < 4.78 is 26.6. The van der Waals surface area contributed by atoms with Crippen LogP contribution in [0.4, 0.5) is 0 Å². The highest BCUT2D eigenvalue weighted by atomic mass is 32.2. The minimum Gasteiger partial charge on any atom is -0.326 e. The molecular formula is C11H18N2O2S2. The molecular weight excluding hydrogens is 256 g/mol. The summed E-state index contributed by atoms with van der Waals surface area (Å²) in [7, 11) is -3.36. The van der Waals surface area contributed by atoms with Crippen molar-refractivity contribution >= 4 is 21.4 Å². The van der Waals surface area contributed by atoms with Crippen LogP contribution in [0.25, 0.3) is 0 Å². The number of hydrogen-bond acceptors (Lipinski definition) is 4. The molecule has 2 rings (SSSR count). The highest BCUT2D eigenvalue weighted by molar-refractivity contribution is 7.89. The highest BCUT2D eigenvalue weighted by Gasteiger charge is 2.21. The second kappa shape index (κ2) is 5.48. The van der Waals surface area contributed by atoms with Crippen molar-refractivity contribution in [1.29, 1.82) is 0 Å². The molecule has 0 spiro atoms. The van der Waals surface area contributed by atoms with Crippen molar-refractivity contribution < 1.29 is 8.42 Å². The largest absolute Gasteiger partial charge is 0.326 e. The zero-order valence-corrected chi connectivity index (χ0v) is 11.3. The lowest BCUT2D eigenvalue weighted by atomic mass is 10.2. The average Bonchev–Trinajstić information content (AvgIpc) is 2.98. The van der Waals surface area contributed by atoms with Crippen LogP contribution in [0.1, 0.15) is 30.6 Å². The molecule has 0 atom stereocenters. The highest BCUT2D eigenvalue weighted by Crippen LogP contribution is 2.33.